The number of aromatic nitrogens is 1. The van der Waals surface area contributed by atoms with E-state index in [9.17, 15) is 0 Å². The first-order valence-corrected chi connectivity index (χ1v) is 5.47. The molecular formula is C12H17N3. The van der Waals surface area contributed by atoms with Crippen LogP contribution in [0.2, 0.25) is 0 Å². The largest absolute Gasteiger partial charge is 0.271 e. The fourth-order valence-electron chi connectivity index (χ4n) is 2.10. The van der Waals surface area contributed by atoms with E-state index in [4.69, 9.17) is 5.84 Å². The van der Waals surface area contributed by atoms with Crippen LogP contribution in [-0.2, 0) is 0 Å². The maximum atomic E-state index is 5.62. The van der Waals surface area contributed by atoms with Crippen LogP contribution in [0.5, 0.6) is 0 Å². The zero-order chi connectivity index (χ0) is 10.5. The van der Waals surface area contributed by atoms with E-state index in [1.165, 1.54) is 30.4 Å². The Morgan fingerprint density at radius 1 is 1.27 bits per heavy atom. The monoisotopic (exact) mass is 203 g/mol. The first-order chi connectivity index (χ1) is 7.42. The highest BCUT2D eigenvalue weighted by atomic mass is 15.2. The van der Waals surface area contributed by atoms with Gasteiger partial charge in [-0.25, -0.2) is 5.43 Å². The molecule has 0 saturated carbocycles. The first kappa shape index (κ1) is 10.3. The van der Waals surface area contributed by atoms with Gasteiger partial charge in [-0.1, -0.05) is 11.6 Å². The molecule has 0 saturated heterocycles. The molecule has 1 atom stereocenters. The van der Waals surface area contributed by atoms with Crippen molar-refractivity contribution in [1.82, 2.24) is 10.4 Å². The highest BCUT2D eigenvalue weighted by Crippen LogP contribution is 2.28. The van der Waals surface area contributed by atoms with Crippen LogP contribution in [0.3, 0.4) is 0 Å². The molecular weight excluding hydrogens is 186 g/mol. The molecule has 0 amide bonds. The SMILES string of the molecule is NNC(C1=CCCCC1)c1ccncc1. The normalized spacial score (nSPS) is 18.3. The van der Waals surface area contributed by atoms with Gasteiger partial charge >= 0.3 is 0 Å². The van der Waals surface area contributed by atoms with Gasteiger partial charge in [-0.05, 0) is 43.4 Å². The van der Waals surface area contributed by atoms with Crippen LogP contribution in [0.15, 0.2) is 36.2 Å². The maximum absolute atomic E-state index is 5.62. The van der Waals surface area contributed by atoms with E-state index < -0.39 is 0 Å². The van der Waals surface area contributed by atoms with Crippen LogP contribution in [0.1, 0.15) is 37.3 Å². The molecule has 0 bridgehead atoms. The molecule has 0 aromatic carbocycles. The minimum atomic E-state index is 0.160. The summed E-state index contributed by atoms with van der Waals surface area (Å²) in [5.41, 5.74) is 5.50. The van der Waals surface area contributed by atoms with Crippen molar-refractivity contribution >= 4 is 0 Å². The molecule has 3 nitrogen and oxygen atoms in total. The Kier molecular flexibility index (Phi) is 3.48. The van der Waals surface area contributed by atoms with E-state index in [-0.39, 0.29) is 6.04 Å². The smallest absolute Gasteiger partial charge is 0.0671 e. The van der Waals surface area contributed by atoms with E-state index in [2.05, 4.69) is 16.5 Å². The number of hydrogen-bond donors (Lipinski definition) is 2. The van der Waals surface area contributed by atoms with E-state index in [1.807, 2.05) is 24.5 Å². The van der Waals surface area contributed by atoms with Crippen LogP contribution in [-0.4, -0.2) is 4.98 Å². The Bertz CT molecular complexity index is 332. The molecule has 15 heavy (non-hydrogen) atoms. The van der Waals surface area contributed by atoms with Gasteiger partial charge in [0.2, 0.25) is 0 Å². The van der Waals surface area contributed by atoms with E-state index in [1.54, 1.807) is 0 Å². The molecule has 3 N–H and O–H groups in total. The summed E-state index contributed by atoms with van der Waals surface area (Å²) in [6.45, 7) is 0. The number of hydrogen-bond acceptors (Lipinski definition) is 3. The van der Waals surface area contributed by atoms with Crippen LogP contribution in [0, 0.1) is 0 Å². The van der Waals surface area contributed by atoms with Crippen molar-refractivity contribution in [3.05, 3.63) is 41.7 Å². The third-order valence-electron chi connectivity index (χ3n) is 2.90. The van der Waals surface area contributed by atoms with Crippen LogP contribution >= 0.6 is 0 Å². The highest BCUT2D eigenvalue weighted by Gasteiger charge is 2.16. The second kappa shape index (κ2) is 5.05. The molecule has 2 rings (SSSR count). The van der Waals surface area contributed by atoms with E-state index >= 15 is 0 Å². The summed E-state index contributed by atoms with van der Waals surface area (Å²) in [6, 6.07) is 4.19. The summed E-state index contributed by atoms with van der Waals surface area (Å²) in [7, 11) is 0. The molecule has 1 aromatic heterocycles. The average molecular weight is 203 g/mol. The van der Waals surface area contributed by atoms with Crippen molar-refractivity contribution in [2.24, 2.45) is 5.84 Å². The molecule has 1 unspecified atom stereocenters. The summed E-state index contributed by atoms with van der Waals surface area (Å²) >= 11 is 0. The summed E-state index contributed by atoms with van der Waals surface area (Å²) in [5.74, 6) is 5.62. The number of hydrazine groups is 1. The van der Waals surface area contributed by atoms with Gasteiger partial charge in [-0.3, -0.25) is 10.8 Å². The fourth-order valence-corrected chi connectivity index (χ4v) is 2.10. The lowest BCUT2D eigenvalue weighted by Gasteiger charge is -2.22. The summed E-state index contributed by atoms with van der Waals surface area (Å²) in [4.78, 5) is 4.02. The zero-order valence-electron chi connectivity index (χ0n) is 8.82. The van der Waals surface area contributed by atoms with Crippen LogP contribution < -0.4 is 11.3 Å². The molecule has 3 heteroatoms. The molecule has 0 fully saturated rings. The lowest BCUT2D eigenvalue weighted by Crippen LogP contribution is -2.30. The van der Waals surface area contributed by atoms with Crippen molar-refractivity contribution in [2.45, 2.75) is 31.7 Å². The van der Waals surface area contributed by atoms with Crippen LogP contribution in [0.25, 0.3) is 0 Å². The van der Waals surface area contributed by atoms with Crippen LogP contribution in [0.4, 0.5) is 0 Å². The molecule has 0 spiro atoms. The summed E-state index contributed by atoms with van der Waals surface area (Å²) in [5, 5.41) is 0. The van der Waals surface area contributed by atoms with Gasteiger partial charge in [0, 0.05) is 12.4 Å². The lowest BCUT2D eigenvalue weighted by atomic mass is 9.91. The number of nitrogens with zero attached hydrogens (tertiary/aromatic N) is 1. The topological polar surface area (TPSA) is 50.9 Å². The van der Waals surface area contributed by atoms with Gasteiger partial charge in [0.05, 0.1) is 6.04 Å². The first-order valence-electron chi connectivity index (χ1n) is 5.47. The standard InChI is InChI=1S/C12H17N3/c13-15-12(10-4-2-1-3-5-10)11-6-8-14-9-7-11/h4,6-9,12,15H,1-3,5,13H2. The van der Waals surface area contributed by atoms with E-state index in [0.717, 1.165) is 6.42 Å². The highest BCUT2D eigenvalue weighted by molar-refractivity contribution is 5.26. The third kappa shape index (κ3) is 2.43. The Balaban J connectivity index is 2.20. The van der Waals surface area contributed by atoms with Gasteiger partial charge in [-0.2, -0.15) is 0 Å². The van der Waals surface area contributed by atoms with Gasteiger partial charge in [-0.15, -0.1) is 0 Å². The number of allylic oxidation sites excluding steroid dienone is 1. The molecule has 1 aliphatic carbocycles. The molecule has 1 aromatic rings. The number of pyridine rings is 1. The predicted octanol–water partition coefficient (Wildman–Crippen LogP) is 2.09. The molecule has 0 aliphatic heterocycles. The van der Waals surface area contributed by atoms with E-state index in [0.29, 0.717) is 0 Å². The Morgan fingerprint density at radius 2 is 2.07 bits per heavy atom. The number of rotatable bonds is 3. The van der Waals surface area contributed by atoms with Crippen molar-refractivity contribution in [3.63, 3.8) is 0 Å². The zero-order valence-corrected chi connectivity index (χ0v) is 8.82. The van der Waals surface area contributed by atoms with Gasteiger partial charge in [0.1, 0.15) is 0 Å². The second-order valence-corrected chi connectivity index (χ2v) is 3.91. The molecule has 1 heterocycles. The maximum Gasteiger partial charge on any atom is 0.0671 e. The van der Waals surface area contributed by atoms with Crippen molar-refractivity contribution in [3.8, 4) is 0 Å². The lowest BCUT2D eigenvalue weighted by molar-refractivity contribution is 0.565. The Hall–Kier alpha value is -1.19. The second-order valence-electron chi connectivity index (χ2n) is 3.91. The number of nitrogens with one attached hydrogen (secondary N) is 1. The summed E-state index contributed by atoms with van der Waals surface area (Å²) < 4.78 is 0. The molecule has 80 valence electrons. The fraction of sp³-hybridized carbons (Fsp3) is 0.417. The number of nitrogens with two attached hydrogens (primary N) is 1. The van der Waals surface area contributed by atoms with Crippen molar-refractivity contribution in [1.29, 1.82) is 0 Å². The minimum absolute atomic E-state index is 0.160. The van der Waals surface area contributed by atoms with Gasteiger partial charge in [0.15, 0.2) is 0 Å². The van der Waals surface area contributed by atoms with Gasteiger partial charge in [0.25, 0.3) is 0 Å². The Morgan fingerprint density at radius 3 is 2.67 bits per heavy atom. The summed E-state index contributed by atoms with van der Waals surface area (Å²) in [6.07, 6.45) is 10.8. The predicted molar refractivity (Wildman–Crippen MR) is 60.9 cm³/mol. The minimum Gasteiger partial charge on any atom is -0.271 e. The average Bonchev–Trinajstić information content (AvgIpc) is 2.33. The molecule has 0 radical (unpaired) electrons. The van der Waals surface area contributed by atoms with Crippen molar-refractivity contribution < 1.29 is 0 Å². The Labute approximate surface area is 90.4 Å². The third-order valence-corrected chi connectivity index (χ3v) is 2.90. The quantitative estimate of drug-likeness (QED) is 0.449. The molecule has 1 aliphatic rings. The van der Waals surface area contributed by atoms with Gasteiger partial charge < -0.3 is 0 Å². The van der Waals surface area contributed by atoms with Crippen molar-refractivity contribution in [2.75, 3.05) is 0 Å².